The van der Waals surface area contributed by atoms with E-state index in [1.807, 2.05) is 23.6 Å². The molecule has 8 nitrogen and oxygen atoms in total. The van der Waals surface area contributed by atoms with Gasteiger partial charge in [0.2, 0.25) is 11.9 Å². The minimum Gasteiger partial charge on any atom is -0.356 e. The fourth-order valence-corrected chi connectivity index (χ4v) is 5.34. The van der Waals surface area contributed by atoms with Crippen LogP contribution in [0, 0.1) is 5.92 Å². The predicted octanol–water partition coefficient (Wildman–Crippen LogP) is 2.58. The SMILES string of the molecule is CC(=O)N1CCN(c2nc3c(c(N4CCC(Cc5ccccc5)C4)n2)CN(C(C)C)C3=O)CC1. The van der Waals surface area contributed by atoms with Crippen molar-refractivity contribution < 1.29 is 9.59 Å². The van der Waals surface area contributed by atoms with Gasteiger partial charge in [0.25, 0.3) is 5.91 Å². The van der Waals surface area contributed by atoms with Crippen molar-refractivity contribution >= 4 is 23.6 Å². The smallest absolute Gasteiger partial charge is 0.273 e. The standard InChI is InChI=1S/C26H34N6O2/c1-18(2)32-17-22-23(25(32)34)27-26(30-13-11-29(12-14-30)19(3)33)28-24(22)31-10-9-21(16-31)15-20-7-5-4-6-8-20/h4-8,18,21H,9-17H2,1-3H3. The van der Waals surface area contributed by atoms with Gasteiger partial charge in [-0.3, -0.25) is 9.59 Å². The quantitative estimate of drug-likeness (QED) is 0.680. The highest BCUT2D eigenvalue weighted by molar-refractivity contribution is 5.98. The molecule has 1 unspecified atom stereocenters. The zero-order valence-electron chi connectivity index (χ0n) is 20.4. The van der Waals surface area contributed by atoms with Gasteiger partial charge in [-0.15, -0.1) is 0 Å². The van der Waals surface area contributed by atoms with Gasteiger partial charge in [0.15, 0.2) is 0 Å². The third-order valence-electron chi connectivity index (χ3n) is 7.35. The first-order valence-corrected chi connectivity index (χ1v) is 12.4. The molecule has 2 amide bonds. The van der Waals surface area contributed by atoms with E-state index < -0.39 is 0 Å². The lowest BCUT2D eigenvalue weighted by Gasteiger charge is -2.34. The highest BCUT2D eigenvalue weighted by atomic mass is 16.2. The van der Waals surface area contributed by atoms with Crippen LogP contribution in [0.4, 0.5) is 11.8 Å². The van der Waals surface area contributed by atoms with E-state index in [2.05, 4.69) is 40.1 Å². The lowest BCUT2D eigenvalue weighted by Crippen LogP contribution is -2.48. The van der Waals surface area contributed by atoms with Gasteiger partial charge in [0.05, 0.1) is 6.54 Å². The van der Waals surface area contributed by atoms with Crippen molar-refractivity contribution in [2.24, 2.45) is 5.92 Å². The van der Waals surface area contributed by atoms with Crippen LogP contribution >= 0.6 is 0 Å². The second-order valence-electron chi connectivity index (χ2n) is 9.98. The van der Waals surface area contributed by atoms with E-state index in [1.54, 1.807) is 6.92 Å². The summed E-state index contributed by atoms with van der Waals surface area (Å²) in [6.45, 7) is 10.8. The van der Waals surface area contributed by atoms with Crippen LogP contribution in [0.5, 0.6) is 0 Å². The van der Waals surface area contributed by atoms with Crippen LogP contribution < -0.4 is 9.80 Å². The third-order valence-corrected chi connectivity index (χ3v) is 7.35. The first kappa shape index (κ1) is 22.6. The summed E-state index contributed by atoms with van der Waals surface area (Å²) >= 11 is 0. The molecule has 0 saturated carbocycles. The average Bonchev–Trinajstić information content (AvgIpc) is 3.44. The Morgan fingerprint density at radius 2 is 1.76 bits per heavy atom. The highest BCUT2D eigenvalue weighted by Crippen LogP contribution is 2.35. The van der Waals surface area contributed by atoms with Crippen LogP contribution in [0.2, 0.25) is 0 Å². The fourth-order valence-electron chi connectivity index (χ4n) is 5.34. The molecule has 0 radical (unpaired) electrons. The maximum atomic E-state index is 13.2. The summed E-state index contributed by atoms with van der Waals surface area (Å²) in [7, 11) is 0. The molecular formula is C26H34N6O2. The lowest BCUT2D eigenvalue weighted by atomic mass is 9.99. The Hall–Kier alpha value is -3.16. The van der Waals surface area contributed by atoms with E-state index >= 15 is 0 Å². The molecule has 5 rings (SSSR count). The van der Waals surface area contributed by atoms with Crippen molar-refractivity contribution in [3.63, 3.8) is 0 Å². The number of amides is 2. The van der Waals surface area contributed by atoms with Gasteiger partial charge in [-0.05, 0) is 38.2 Å². The van der Waals surface area contributed by atoms with E-state index in [1.165, 1.54) is 5.56 Å². The monoisotopic (exact) mass is 462 g/mol. The summed E-state index contributed by atoms with van der Waals surface area (Å²) in [6, 6.07) is 10.8. The molecule has 0 spiro atoms. The van der Waals surface area contributed by atoms with Gasteiger partial charge in [0, 0.05) is 57.8 Å². The van der Waals surface area contributed by atoms with E-state index in [0.717, 1.165) is 37.3 Å². The Morgan fingerprint density at radius 1 is 1.03 bits per heavy atom. The minimum absolute atomic E-state index is 0.00250. The molecule has 3 aliphatic heterocycles. The summed E-state index contributed by atoms with van der Waals surface area (Å²) in [5.74, 6) is 2.19. The minimum atomic E-state index is -0.00250. The van der Waals surface area contributed by atoms with Crippen molar-refractivity contribution in [3.05, 3.63) is 47.2 Å². The number of carbonyl (C=O) groups excluding carboxylic acids is 2. The Morgan fingerprint density at radius 3 is 2.44 bits per heavy atom. The van der Waals surface area contributed by atoms with Gasteiger partial charge in [0.1, 0.15) is 11.5 Å². The fraction of sp³-hybridized carbons (Fsp3) is 0.538. The summed E-state index contributed by atoms with van der Waals surface area (Å²) < 4.78 is 0. The number of benzene rings is 1. The molecule has 8 heteroatoms. The number of aromatic nitrogens is 2. The van der Waals surface area contributed by atoms with Crippen LogP contribution in [0.1, 0.15) is 48.8 Å². The summed E-state index contributed by atoms with van der Waals surface area (Å²) in [5, 5.41) is 0. The maximum Gasteiger partial charge on any atom is 0.273 e. The molecule has 4 heterocycles. The molecule has 0 aliphatic carbocycles. The topological polar surface area (TPSA) is 72.9 Å². The molecule has 2 saturated heterocycles. The van der Waals surface area contributed by atoms with Crippen LogP contribution in [0.25, 0.3) is 0 Å². The molecule has 1 aromatic heterocycles. The van der Waals surface area contributed by atoms with Gasteiger partial charge >= 0.3 is 0 Å². The normalized spacial score (nSPS) is 20.5. The van der Waals surface area contributed by atoms with Gasteiger partial charge < -0.3 is 19.6 Å². The Kier molecular flexibility index (Phi) is 6.15. The van der Waals surface area contributed by atoms with Crippen molar-refractivity contribution in [3.8, 4) is 0 Å². The van der Waals surface area contributed by atoms with Crippen LogP contribution in [-0.2, 0) is 17.8 Å². The number of piperazine rings is 1. The van der Waals surface area contributed by atoms with Crippen molar-refractivity contribution in [1.29, 1.82) is 0 Å². The lowest BCUT2D eigenvalue weighted by molar-refractivity contribution is -0.129. The Balaban J connectivity index is 1.42. The van der Waals surface area contributed by atoms with Crippen molar-refractivity contribution in [2.45, 2.75) is 46.2 Å². The Labute approximate surface area is 201 Å². The van der Waals surface area contributed by atoms with Crippen LogP contribution in [0.15, 0.2) is 30.3 Å². The van der Waals surface area contributed by atoms with Crippen molar-refractivity contribution in [1.82, 2.24) is 19.8 Å². The number of nitrogens with zero attached hydrogens (tertiary/aromatic N) is 6. The second kappa shape index (κ2) is 9.24. The van der Waals surface area contributed by atoms with Gasteiger partial charge in [-0.2, -0.15) is 4.98 Å². The molecular weight excluding hydrogens is 428 g/mol. The molecule has 34 heavy (non-hydrogen) atoms. The first-order valence-electron chi connectivity index (χ1n) is 12.4. The summed E-state index contributed by atoms with van der Waals surface area (Å²) in [6.07, 6.45) is 2.17. The number of carbonyl (C=O) groups is 2. The van der Waals surface area contributed by atoms with E-state index in [0.29, 0.717) is 50.3 Å². The predicted molar refractivity (Wildman–Crippen MR) is 132 cm³/mol. The number of fused-ring (bicyclic) bond motifs is 1. The van der Waals surface area contributed by atoms with Crippen molar-refractivity contribution in [2.75, 3.05) is 49.1 Å². The summed E-state index contributed by atoms with van der Waals surface area (Å²) in [4.78, 5) is 43.0. The molecule has 1 aromatic carbocycles. The molecule has 2 aromatic rings. The highest BCUT2D eigenvalue weighted by Gasteiger charge is 2.37. The van der Waals surface area contributed by atoms with E-state index in [9.17, 15) is 9.59 Å². The molecule has 1 atom stereocenters. The molecule has 3 aliphatic rings. The van der Waals surface area contributed by atoms with Crippen LogP contribution in [-0.4, -0.2) is 76.9 Å². The number of hydrogen-bond acceptors (Lipinski definition) is 6. The molecule has 180 valence electrons. The third kappa shape index (κ3) is 4.33. The van der Waals surface area contributed by atoms with Gasteiger partial charge in [-0.1, -0.05) is 30.3 Å². The van der Waals surface area contributed by atoms with Gasteiger partial charge in [-0.25, -0.2) is 4.98 Å². The molecule has 0 bridgehead atoms. The molecule has 0 N–H and O–H groups in total. The van der Waals surface area contributed by atoms with E-state index in [-0.39, 0.29) is 17.9 Å². The number of anilines is 2. The van der Waals surface area contributed by atoms with E-state index in [4.69, 9.17) is 9.97 Å². The second-order valence-corrected chi connectivity index (χ2v) is 9.98. The maximum absolute atomic E-state index is 13.2. The zero-order chi connectivity index (χ0) is 23.8. The zero-order valence-corrected chi connectivity index (χ0v) is 20.4. The Bertz CT molecular complexity index is 1060. The molecule has 2 fully saturated rings. The largest absolute Gasteiger partial charge is 0.356 e. The number of rotatable bonds is 5. The summed E-state index contributed by atoms with van der Waals surface area (Å²) in [5.41, 5.74) is 2.88. The number of hydrogen-bond donors (Lipinski definition) is 0. The average molecular weight is 463 g/mol. The first-order chi connectivity index (χ1) is 16.4. The van der Waals surface area contributed by atoms with Crippen LogP contribution in [0.3, 0.4) is 0 Å².